The molecule has 0 aliphatic heterocycles. The first-order chi connectivity index (χ1) is 7.86. The minimum atomic E-state index is 0.474. The molecule has 0 atom stereocenters. The molecule has 0 amide bonds. The molecule has 0 aliphatic rings. The molecule has 4 heteroatoms. The fourth-order valence-electron chi connectivity index (χ4n) is 1.90. The van der Waals surface area contributed by atoms with E-state index >= 15 is 0 Å². The summed E-state index contributed by atoms with van der Waals surface area (Å²) in [6, 6.07) is 8.11. The second-order valence-corrected chi connectivity index (χ2v) is 3.72. The lowest BCUT2D eigenvalue weighted by atomic mass is 10.3. The van der Waals surface area contributed by atoms with E-state index in [4.69, 9.17) is 10.5 Å². The molecule has 2 N–H and O–H groups in total. The molecule has 0 fully saturated rings. The van der Waals surface area contributed by atoms with E-state index in [1.807, 2.05) is 18.2 Å². The first kappa shape index (κ1) is 11.1. The van der Waals surface area contributed by atoms with Crippen LogP contribution in [0.25, 0.3) is 11.0 Å². The maximum Gasteiger partial charge on any atom is 0.123 e. The zero-order valence-corrected chi connectivity index (χ0v) is 9.52. The molecule has 0 saturated heterocycles. The number of hydrogen-bond acceptors (Lipinski definition) is 3. The van der Waals surface area contributed by atoms with Crippen LogP contribution < -0.4 is 5.73 Å². The summed E-state index contributed by atoms with van der Waals surface area (Å²) in [6.07, 6.45) is 0.976. The summed E-state index contributed by atoms with van der Waals surface area (Å²) < 4.78 is 7.24. The Morgan fingerprint density at radius 1 is 1.38 bits per heavy atom. The van der Waals surface area contributed by atoms with E-state index in [0.29, 0.717) is 6.54 Å². The zero-order chi connectivity index (χ0) is 11.4. The van der Waals surface area contributed by atoms with E-state index in [2.05, 4.69) is 15.6 Å². The van der Waals surface area contributed by atoms with Crippen molar-refractivity contribution >= 4 is 11.0 Å². The van der Waals surface area contributed by atoms with E-state index in [1.165, 1.54) is 0 Å². The average molecular weight is 219 g/mol. The standard InChI is InChI=1S/C12H17N3O/c1-16-8-4-7-15-11-6-3-2-5-10(11)14-12(15)9-13/h2-3,5-6H,4,7-9,13H2,1H3. The van der Waals surface area contributed by atoms with Gasteiger partial charge in [-0.2, -0.15) is 0 Å². The van der Waals surface area contributed by atoms with Crippen molar-refractivity contribution in [2.75, 3.05) is 13.7 Å². The summed E-state index contributed by atoms with van der Waals surface area (Å²) in [5.41, 5.74) is 7.87. The molecule has 1 aromatic heterocycles. The van der Waals surface area contributed by atoms with Gasteiger partial charge >= 0.3 is 0 Å². The molecule has 4 nitrogen and oxygen atoms in total. The van der Waals surface area contributed by atoms with Crippen LogP contribution in [0.1, 0.15) is 12.2 Å². The maximum atomic E-state index is 5.70. The van der Waals surface area contributed by atoms with E-state index in [9.17, 15) is 0 Å². The van der Waals surface area contributed by atoms with E-state index in [1.54, 1.807) is 7.11 Å². The van der Waals surface area contributed by atoms with Crippen LogP contribution in [-0.2, 0) is 17.8 Å². The molecule has 86 valence electrons. The van der Waals surface area contributed by atoms with Gasteiger partial charge < -0.3 is 15.0 Å². The van der Waals surface area contributed by atoms with Crippen LogP contribution in [0.4, 0.5) is 0 Å². The molecule has 2 aromatic rings. The number of fused-ring (bicyclic) bond motifs is 1. The highest BCUT2D eigenvalue weighted by Gasteiger charge is 2.07. The van der Waals surface area contributed by atoms with Crippen LogP contribution in [0.3, 0.4) is 0 Å². The Hall–Kier alpha value is -1.39. The van der Waals surface area contributed by atoms with Crippen LogP contribution >= 0.6 is 0 Å². The minimum Gasteiger partial charge on any atom is -0.385 e. The third kappa shape index (κ3) is 2.08. The zero-order valence-electron chi connectivity index (χ0n) is 9.52. The molecule has 0 unspecified atom stereocenters. The van der Waals surface area contributed by atoms with Gasteiger partial charge in [-0.15, -0.1) is 0 Å². The molecule has 0 spiro atoms. The molecular formula is C12H17N3O. The second kappa shape index (κ2) is 5.09. The van der Waals surface area contributed by atoms with Crippen LogP contribution in [0.15, 0.2) is 24.3 Å². The number of aromatic nitrogens is 2. The van der Waals surface area contributed by atoms with Gasteiger partial charge in [-0.05, 0) is 18.6 Å². The number of imidazole rings is 1. The molecule has 0 aliphatic carbocycles. The van der Waals surface area contributed by atoms with Gasteiger partial charge in [0.15, 0.2) is 0 Å². The van der Waals surface area contributed by atoms with Gasteiger partial charge in [-0.1, -0.05) is 12.1 Å². The number of para-hydroxylation sites is 2. The number of nitrogens with two attached hydrogens (primary N) is 1. The Morgan fingerprint density at radius 2 is 2.19 bits per heavy atom. The minimum absolute atomic E-state index is 0.474. The molecule has 0 bridgehead atoms. The van der Waals surface area contributed by atoms with Gasteiger partial charge in [-0.3, -0.25) is 0 Å². The molecule has 0 saturated carbocycles. The van der Waals surface area contributed by atoms with E-state index in [-0.39, 0.29) is 0 Å². The third-order valence-corrected chi connectivity index (χ3v) is 2.65. The van der Waals surface area contributed by atoms with Crippen LogP contribution in [-0.4, -0.2) is 23.3 Å². The predicted octanol–water partition coefficient (Wildman–Crippen LogP) is 1.53. The summed E-state index contributed by atoms with van der Waals surface area (Å²) in [5.74, 6) is 0.942. The SMILES string of the molecule is COCCCn1c(CN)nc2ccccc21. The van der Waals surface area contributed by atoms with Crippen molar-refractivity contribution in [3.8, 4) is 0 Å². The van der Waals surface area contributed by atoms with Gasteiger partial charge in [0.25, 0.3) is 0 Å². The first-order valence-corrected chi connectivity index (χ1v) is 5.50. The number of hydrogen-bond donors (Lipinski definition) is 1. The second-order valence-electron chi connectivity index (χ2n) is 3.72. The fourth-order valence-corrected chi connectivity index (χ4v) is 1.90. The number of aryl methyl sites for hydroxylation is 1. The van der Waals surface area contributed by atoms with Crippen molar-refractivity contribution in [1.82, 2.24) is 9.55 Å². The highest BCUT2D eigenvalue weighted by atomic mass is 16.5. The molecule has 1 aromatic carbocycles. The topological polar surface area (TPSA) is 53.1 Å². The maximum absolute atomic E-state index is 5.70. The monoisotopic (exact) mass is 219 g/mol. The Bertz CT molecular complexity index is 464. The number of methoxy groups -OCH3 is 1. The quantitative estimate of drug-likeness (QED) is 0.776. The lowest BCUT2D eigenvalue weighted by molar-refractivity contribution is 0.190. The molecule has 2 rings (SSSR count). The summed E-state index contributed by atoms with van der Waals surface area (Å²) in [7, 11) is 1.72. The highest BCUT2D eigenvalue weighted by Crippen LogP contribution is 2.16. The van der Waals surface area contributed by atoms with Crippen LogP contribution in [0, 0.1) is 0 Å². The van der Waals surface area contributed by atoms with Crippen LogP contribution in [0.5, 0.6) is 0 Å². The lowest BCUT2D eigenvalue weighted by Crippen LogP contribution is -2.09. The lowest BCUT2D eigenvalue weighted by Gasteiger charge is -2.07. The number of nitrogens with zero attached hydrogens (tertiary/aromatic N) is 2. The number of benzene rings is 1. The molecular weight excluding hydrogens is 202 g/mol. The fraction of sp³-hybridized carbons (Fsp3) is 0.417. The third-order valence-electron chi connectivity index (χ3n) is 2.65. The van der Waals surface area contributed by atoms with Gasteiger partial charge in [0.05, 0.1) is 17.6 Å². The number of ether oxygens (including phenoxy) is 1. The van der Waals surface area contributed by atoms with E-state index < -0.39 is 0 Å². The van der Waals surface area contributed by atoms with Gasteiger partial charge in [-0.25, -0.2) is 4.98 Å². The Morgan fingerprint density at radius 3 is 2.94 bits per heavy atom. The summed E-state index contributed by atoms with van der Waals surface area (Å²) in [4.78, 5) is 4.51. The van der Waals surface area contributed by atoms with Gasteiger partial charge in [0.1, 0.15) is 5.82 Å². The normalized spacial score (nSPS) is 11.1. The Kier molecular flexibility index (Phi) is 3.54. The van der Waals surface area contributed by atoms with Crippen molar-refractivity contribution in [2.24, 2.45) is 5.73 Å². The van der Waals surface area contributed by atoms with Crippen molar-refractivity contribution in [3.63, 3.8) is 0 Å². The molecule has 1 heterocycles. The summed E-state index contributed by atoms with van der Waals surface area (Å²) >= 11 is 0. The molecule has 16 heavy (non-hydrogen) atoms. The Balaban J connectivity index is 2.32. The average Bonchev–Trinajstić information content (AvgIpc) is 2.68. The van der Waals surface area contributed by atoms with Gasteiger partial charge in [0, 0.05) is 20.3 Å². The van der Waals surface area contributed by atoms with Crippen molar-refractivity contribution in [1.29, 1.82) is 0 Å². The molecule has 0 radical (unpaired) electrons. The van der Waals surface area contributed by atoms with Gasteiger partial charge in [0.2, 0.25) is 0 Å². The van der Waals surface area contributed by atoms with E-state index in [0.717, 1.165) is 36.4 Å². The highest BCUT2D eigenvalue weighted by molar-refractivity contribution is 5.75. The predicted molar refractivity (Wildman–Crippen MR) is 64.1 cm³/mol. The summed E-state index contributed by atoms with van der Waals surface area (Å²) in [6.45, 7) is 2.14. The summed E-state index contributed by atoms with van der Waals surface area (Å²) in [5, 5.41) is 0. The van der Waals surface area contributed by atoms with Crippen molar-refractivity contribution in [3.05, 3.63) is 30.1 Å². The van der Waals surface area contributed by atoms with Crippen molar-refractivity contribution in [2.45, 2.75) is 19.5 Å². The smallest absolute Gasteiger partial charge is 0.123 e. The largest absolute Gasteiger partial charge is 0.385 e. The number of rotatable bonds is 5. The van der Waals surface area contributed by atoms with Crippen LogP contribution in [0.2, 0.25) is 0 Å². The van der Waals surface area contributed by atoms with Crippen molar-refractivity contribution < 1.29 is 4.74 Å². The Labute approximate surface area is 95.0 Å². The first-order valence-electron chi connectivity index (χ1n) is 5.50.